The summed E-state index contributed by atoms with van der Waals surface area (Å²) in [5.74, 6) is 0.191. The van der Waals surface area contributed by atoms with Crippen LogP contribution in [0.5, 0.6) is 0 Å². The number of hydrogen-bond acceptors (Lipinski definition) is 5. The summed E-state index contributed by atoms with van der Waals surface area (Å²) in [4.78, 5) is 12.5. The maximum absolute atomic E-state index is 13.7. The van der Waals surface area contributed by atoms with Crippen molar-refractivity contribution < 1.29 is 26.3 Å². The van der Waals surface area contributed by atoms with Crippen LogP contribution in [0.2, 0.25) is 0 Å². The molecule has 0 aliphatic carbocycles. The molecule has 0 radical (unpaired) electrons. The Labute approximate surface area is 194 Å². The van der Waals surface area contributed by atoms with Gasteiger partial charge in [0.05, 0.1) is 22.4 Å². The fraction of sp³-hybridized carbons (Fsp3) is 0.217. The Morgan fingerprint density at radius 1 is 0.971 bits per heavy atom. The summed E-state index contributed by atoms with van der Waals surface area (Å²) in [7, 11) is 0. The number of halogens is 6. The summed E-state index contributed by atoms with van der Waals surface area (Å²) in [5, 5.41) is 11.9. The van der Waals surface area contributed by atoms with E-state index in [4.69, 9.17) is 5.26 Å². The van der Waals surface area contributed by atoms with Crippen molar-refractivity contribution in [1.29, 1.82) is 5.26 Å². The van der Waals surface area contributed by atoms with Gasteiger partial charge in [0.15, 0.2) is 0 Å². The number of fused-ring (bicyclic) bond motifs is 1. The lowest BCUT2D eigenvalue weighted by molar-refractivity contribution is -0.142. The Bertz CT molecular complexity index is 1380. The zero-order chi connectivity index (χ0) is 25.2. The SMILES string of the molecule is N#Cc1ccc(CCCNc2nc(-c3ccc(C(F)(F)F)cc3C(F)(F)F)cc3nccn23)nc1. The number of hydrogen-bond donors (Lipinski definition) is 1. The number of nitrogens with one attached hydrogen (secondary N) is 1. The van der Waals surface area contributed by atoms with Gasteiger partial charge in [-0.05, 0) is 37.1 Å². The monoisotopic (exact) mass is 490 g/mol. The minimum atomic E-state index is -5.03. The van der Waals surface area contributed by atoms with Crippen molar-refractivity contribution in [2.24, 2.45) is 0 Å². The summed E-state index contributed by atoms with van der Waals surface area (Å²) < 4.78 is 81.6. The van der Waals surface area contributed by atoms with Crippen molar-refractivity contribution in [3.63, 3.8) is 0 Å². The molecule has 1 N–H and O–H groups in total. The van der Waals surface area contributed by atoms with E-state index in [0.29, 0.717) is 31.0 Å². The van der Waals surface area contributed by atoms with E-state index in [1.54, 1.807) is 18.3 Å². The van der Waals surface area contributed by atoms with Crippen LogP contribution in [0, 0.1) is 11.3 Å². The molecule has 0 atom stereocenters. The van der Waals surface area contributed by atoms with Gasteiger partial charge in [0, 0.05) is 42.5 Å². The van der Waals surface area contributed by atoms with Crippen molar-refractivity contribution in [3.05, 3.63) is 77.4 Å². The lowest BCUT2D eigenvalue weighted by Gasteiger charge is -2.17. The van der Waals surface area contributed by atoms with E-state index in [1.807, 2.05) is 6.07 Å². The molecule has 0 bridgehead atoms. The first-order valence-corrected chi connectivity index (χ1v) is 10.3. The van der Waals surface area contributed by atoms with Crippen LogP contribution in [0.1, 0.15) is 28.8 Å². The number of pyridine rings is 1. The van der Waals surface area contributed by atoms with Gasteiger partial charge in [0.25, 0.3) is 0 Å². The first-order valence-electron chi connectivity index (χ1n) is 10.3. The Morgan fingerprint density at radius 3 is 2.43 bits per heavy atom. The molecule has 0 amide bonds. The summed E-state index contributed by atoms with van der Waals surface area (Å²) >= 11 is 0. The van der Waals surface area contributed by atoms with E-state index < -0.39 is 29.0 Å². The molecule has 0 aliphatic heterocycles. The molecule has 0 unspecified atom stereocenters. The minimum Gasteiger partial charge on any atom is -0.355 e. The lowest BCUT2D eigenvalue weighted by Crippen LogP contribution is -2.13. The highest BCUT2D eigenvalue weighted by Gasteiger charge is 2.38. The standard InChI is InChI=1S/C23H16F6N6/c24-22(25,26)15-4-6-17(18(10-15)23(27,28)29)19-11-20-31-8-9-35(20)21(34-19)32-7-1-2-16-5-3-14(12-30)13-33-16/h3-6,8-11,13H,1-2,7H2,(H,32,34). The third-order valence-electron chi connectivity index (χ3n) is 5.16. The average molecular weight is 490 g/mol. The zero-order valence-corrected chi connectivity index (χ0v) is 17.8. The third kappa shape index (κ3) is 5.34. The summed E-state index contributed by atoms with van der Waals surface area (Å²) in [5.41, 5.74) is -2.00. The second kappa shape index (κ2) is 9.25. The molecule has 1 aromatic carbocycles. The van der Waals surface area contributed by atoms with Crippen molar-refractivity contribution in [2.45, 2.75) is 25.2 Å². The van der Waals surface area contributed by atoms with Gasteiger partial charge in [0.1, 0.15) is 11.7 Å². The van der Waals surface area contributed by atoms with Gasteiger partial charge in [-0.3, -0.25) is 9.38 Å². The number of rotatable bonds is 6. The number of aromatic nitrogens is 4. The number of alkyl halides is 6. The highest BCUT2D eigenvalue weighted by Crippen LogP contribution is 2.40. The molecule has 35 heavy (non-hydrogen) atoms. The molecule has 0 saturated heterocycles. The summed E-state index contributed by atoms with van der Waals surface area (Å²) in [6, 6.07) is 8.10. The van der Waals surface area contributed by atoms with E-state index in [1.165, 1.54) is 22.9 Å². The highest BCUT2D eigenvalue weighted by atomic mass is 19.4. The Balaban J connectivity index is 1.61. The van der Waals surface area contributed by atoms with Crippen LogP contribution in [0.15, 0.2) is 55.0 Å². The molecular weight excluding hydrogens is 474 g/mol. The predicted molar refractivity (Wildman–Crippen MR) is 114 cm³/mol. The molecule has 4 rings (SSSR count). The molecule has 0 saturated carbocycles. The average Bonchev–Trinajstić information content (AvgIpc) is 3.29. The first-order chi connectivity index (χ1) is 16.6. The topological polar surface area (TPSA) is 78.9 Å². The van der Waals surface area contributed by atoms with Crippen LogP contribution < -0.4 is 5.32 Å². The molecule has 6 nitrogen and oxygen atoms in total. The zero-order valence-electron chi connectivity index (χ0n) is 17.8. The van der Waals surface area contributed by atoms with Gasteiger partial charge in [-0.2, -0.15) is 31.6 Å². The normalized spacial score (nSPS) is 12.0. The molecule has 0 spiro atoms. The molecule has 3 aromatic heterocycles. The molecular formula is C23H16F6N6. The molecule has 0 fully saturated rings. The van der Waals surface area contributed by atoms with Gasteiger partial charge in [-0.1, -0.05) is 6.07 Å². The second-order valence-electron chi connectivity index (χ2n) is 7.56. The van der Waals surface area contributed by atoms with E-state index in [-0.39, 0.29) is 23.4 Å². The Hall–Kier alpha value is -4.14. The second-order valence-corrected chi connectivity index (χ2v) is 7.56. The fourth-order valence-corrected chi connectivity index (χ4v) is 3.47. The highest BCUT2D eigenvalue weighted by molar-refractivity contribution is 5.70. The largest absolute Gasteiger partial charge is 0.417 e. The molecule has 0 aliphatic rings. The van der Waals surface area contributed by atoms with Crippen LogP contribution in [0.4, 0.5) is 32.3 Å². The van der Waals surface area contributed by atoms with Gasteiger partial charge < -0.3 is 5.32 Å². The maximum atomic E-state index is 13.7. The Morgan fingerprint density at radius 2 is 1.77 bits per heavy atom. The minimum absolute atomic E-state index is 0.0878. The van der Waals surface area contributed by atoms with Crippen LogP contribution in [-0.4, -0.2) is 25.9 Å². The van der Waals surface area contributed by atoms with Crippen LogP contribution in [0.3, 0.4) is 0 Å². The van der Waals surface area contributed by atoms with Crippen molar-refractivity contribution >= 4 is 11.6 Å². The lowest BCUT2D eigenvalue weighted by atomic mass is 10.0. The predicted octanol–water partition coefficient (Wildman–Crippen LogP) is 5.75. The van der Waals surface area contributed by atoms with Gasteiger partial charge >= 0.3 is 12.4 Å². The summed E-state index contributed by atoms with van der Waals surface area (Å²) in [6.45, 7) is 0.380. The maximum Gasteiger partial charge on any atom is 0.417 e. The number of anilines is 1. The third-order valence-corrected chi connectivity index (χ3v) is 5.16. The first kappa shape index (κ1) is 24.0. The van der Waals surface area contributed by atoms with E-state index in [9.17, 15) is 26.3 Å². The smallest absolute Gasteiger partial charge is 0.355 e. The van der Waals surface area contributed by atoms with Gasteiger partial charge in [-0.15, -0.1) is 0 Å². The van der Waals surface area contributed by atoms with Crippen LogP contribution in [-0.2, 0) is 18.8 Å². The summed E-state index contributed by atoms with van der Waals surface area (Å²) in [6.07, 6.45) is -4.32. The Kier molecular flexibility index (Phi) is 6.34. The van der Waals surface area contributed by atoms with Crippen molar-refractivity contribution in [3.8, 4) is 17.3 Å². The number of benzene rings is 1. The molecule has 12 heteroatoms. The fourth-order valence-electron chi connectivity index (χ4n) is 3.47. The van der Waals surface area contributed by atoms with E-state index in [2.05, 4.69) is 20.3 Å². The van der Waals surface area contributed by atoms with E-state index in [0.717, 1.165) is 11.8 Å². The number of aryl methyl sites for hydroxylation is 1. The van der Waals surface area contributed by atoms with Gasteiger partial charge in [-0.25, -0.2) is 9.97 Å². The quantitative estimate of drug-likeness (QED) is 0.275. The van der Waals surface area contributed by atoms with Gasteiger partial charge in [0.2, 0.25) is 5.95 Å². The van der Waals surface area contributed by atoms with Crippen LogP contribution >= 0.6 is 0 Å². The van der Waals surface area contributed by atoms with E-state index >= 15 is 0 Å². The molecule has 3 heterocycles. The number of imidazole rings is 1. The van der Waals surface area contributed by atoms with Crippen molar-refractivity contribution in [2.75, 3.05) is 11.9 Å². The van der Waals surface area contributed by atoms with Crippen molar-refractivity contribution in [1.82, 2.24) is 19.4 Å². The number of nitriles is 1. The molecule has 4 aromatic rings. The van der Waals surface area contributed by atoms with Crippen LogP contribution in [0.25, 0.3) is 16.9 Å². The molecule has 180 valence electrons. The number of nitrogens with zero attached hydrogens (tertiary/aromatic N) is 5.